The highest BCUT2D eigenvalue weighted by atomic mass is 16.2. The Morgan fingerprint density at radius 3 is 1.38 bits per heavy atom. The highest BCUT2D eigenvalue weighted by Gasteiger charge is 2.17. The molecule has 0 aliphatic rings. The van der Waals surface area contributed by atoms with E-state index in [0.717, 1.165) is 11.4 Å². The highest BCUT2D eigenvalue weighted by molar-refractivity contribution is 6.09. The van der Waals surface area contributed by atoms with Crippen LogP contribution >= 0.6 is 0 Å². The fourth-order valence-corrected chi connectivity index (χ4v) is 1.73. The van der Waals surface area contributed by atoms with Crippen molar-refractivity contribution >= 4 is 23.2 Å². The Morgan fingerprint density at radius 2 is 1.12 bits per heavy atom. The third-order valence-electron chi connectivity index (χ3n) is 3.02. The van der Waals surface area contributed by atoms with Crippen LogP contribution in [-0.2, 0) is 9.59 Å². The molecule has 24 heavy (non-hydrogen) atoms. The van der Waals surface area contributed by atoms with Gasteiger partial charge >= 0.3 is 0 Å². The third kappa shape index (κ3) is 5.57. The maximum atomic E-state index is 12.3. The predicted molar refractivity (Wildman–Crippen MR) is 98.9 cm³/mol. The van der Waals surface area contributed by atoms with Crippen molar-refractivity contribution in [2.24, 2.45) is 5.73 Å². The largest absolute Gasteiger partial charge is 0.366 e. The van der Waals surface area contributed by atoms with E-state index < -0.39 is 5.91 Å². The predicted octanol–water partition coefficient (Wildman–Crippen LogP) is 3.98. The Balaban J connectivity index is 0.000000413. The first-order chi connectivity index (χ1) is 11.3. The van der Waals surface area contributed by atoms with E-state index in [0.29, 0.717) is 11.1 Å². The van der Waals surface area contributed by atoms with Crippen LogP contribution in [0.4, 0.5) is 11.4 Å². The second kappa shape index (κ2) is 9.10. The van der Waals surface area contributed by atoms with Crippen molar-refractivity contribution in [2.45, 2.75) is 13.8 Å². The second-order valence-electron chi connectivity index (χ2n) is 5.24. The number of benzene rings is 2. The molecule has 0 fully saturated rings. The molecule has 2 aromatic rings. The smallest absolute Gasteiger partial charge is 0.257 e. The van der Waals surface area contributed by atoms with E-state index in [1.807, 2.05) is 60.7 Å². The zero-order valence-electron chi connectivity index (χ0n) is 14.0. The lowest BCUT2D eigenvalue weighted by molar-refractivity contribution is -0.115. The van der Waals surface area contributed by atoms with Gasteiger partial charge in [-0.1, -0.05) is 49.6 Å². The summed E-state index contributed by atoms with van der Waals surface area (Å²) < 4.78 is 0. The highest BCUT2D eigenvalue weighted by Crippen LogP contribution is 2.26. The maximum absolute atomic E-state index is 12.3. The number of nitrogens with zero attached hydrogens (tertiary/aromatic N) is 1. The molecule has 0 saturated carbocycles. The lowest BCUT2D eigenvalue weighted by Crippen LogP contribution is -2.26. The molecule has 0 aliphatic heterocycles. The van der Waals surface area contributed by atoms with Gasteiger partial charge in [0.1, 0.15) is 0 Å². The summed E-state index contributed by atoms with van der Waals surface area (Å²) in [5.74, 6) is -0.526. The summed E-state index contributed by atoms with van der Waals surface area (Å²) in [5, 5.41) is 0. The van der Waals surface area contributed by atoms with Crippen LogP contribution in [0.3, 0.4) is 0 Å². The SMILES string of the molecule is C=C(C)C(=O)N(c1ccccc1)c1ccccc1.C=C(C)C(N)=O. The number of hydrogen-bond donors (Lipinski definition) is 1. The van der Waals surface area contributed by atoms with Gasteiger partial charge in [0.05, 0.1) is 0 Å². The van der Waals surface area contributed by atoms with Crippen molar-refractivity contribution in [3.8, 4) is 0 Å². The van der Waals surface area contributed by atoms with E-state index in [9.17, 15) is 9.59 Å². The molecule has 2 amide bonds. The molecule has 4 heteroatoms. The average Bonchev–Trinajstić information content (AvgIpc) is 2.57. The number of amides is 2. The van der Waals surface area contributed by atoms with Gasteiger partial charge in [-0.3, -0.25) is 14.5 Å². The molecule has 0 radical (unpaired) electrons. The van der Waals surface area contributed by atoms with Crippen LogP contribution in [-0.4, -0.2) is 11.8 Å². The minimum atomic E-state index is -0.435. The van der Waals surface area contributed by atoms with Gasteiger partial charge in [-0.2, -0.15) is 0 Å². The molecular weight excluding hydrogens is 300 g/mol. The summed E-state index contributed by atoms with van der Waals surface area (Å²) in [7, 11) is 0. The summed E-state index contributed by atoms with van der Waals surface area (Å²) in [5.41, 5.74) is 7.30. The molecule has 0 atom stereocenters. The number of carbonyl (C=O) groups is 2. The molecular formula is C20H22N2O2. The Morgan fingerprint density at radius 1 is 0.792 bits per heavy atom. The lowest BCUT2D eigenvalue weighted by atomic mass is 10.2. The van der Waals surface area contributed by atoms with E-state index in [1.165, 1.54) is 0 Å². The monoisotopic (exact) mass is 322 g/mol. The quantitative estimate of drug-likeness (QED) is 0.866. The lowest BCUT2D eigenvalue weighted by Gasteiger charge is -2.23. The zero-order chi connectivity index (χ0) is 18.1. The van der Waals surface area contributed by atoms with Gasteiger partial charge in [0.2, 0.25) is 5.91 Å². The second-order valence-corrected chi connectivity index (χ2v) is 5.24. The summed E-state index contributed by atoms with van der Waals surface area (Å²) in [6.45, 7) is 10.3. The van der Waals surface area contributed by atoms with Gasteiger partial charge in [-0.25, -0.2) is 0 Å². The van der Waals surface area contributed by atoms with Gasteiger partial charge in [0.15, 0.2) is 0 Å². The number of hydrogen-bond acceptors (Lipinski definition) is 2. The number of primary amides is 1. The molecule has 0 aliphatic carbocycles. The zero-order valence-corrected chi connectivity index (χ0v) is 14.0. The molecule has 124 valence electrons. The van der Waals surface area contributed by atoms with E-state index in [2.05, 4.69) is 13.2 Å². The van der Waals surface area contributed by atoms with Crippen molar-refractivity contribution in [1.82, 2.24) is 0 Å². The molecule has 2 rings (SSSR count). The Kier molecular flexibility index (Phi) is 7.17. The van der Waals surface area contributed by atoms with Crippen LogP contribution in [0.5, 0.6) is 0 Å². The minimum absolute atomic E-state index is 0.0904. The normalized spacial score (nSPS) is 9.25. The number of anilines is 2. The Labute approximate surface area is 142 Å². The molecule has 0 unspecified atom stereocenters. The van der Waals surface area contributed by atoms with E-state index in [1.54, 1.807) is 18.7 Å². The molecule has 0 bridgehead atoms. The van der Waals surface area contributed by atoms with Gasteiger partial charge in [-0.15, -0.1) is 0 Å². The molecule has 0 spiro atoms. The standard InChI is InChI=1S/C16H15NO.C4H7NO/c1-13(2)16(18)17(14-9-5-3-6-10-14)15-11-7-4-8-12-15;1-3(2)4(5)6/h3-12H,1H2,2H3;1H2,2H3,(H2,5,6). The van der Waals surface area contributed by atoms with Crippen molar-refractivity contribution in [2.75, 3.05) is 4.90 Å². The molecule has 0 saturated heterocycles. The fraction of sp³-hybridized carbons (Fsp3) is 0.100. The van der Waals surface area contributed by atoms with Crippen LogP contribution < -0.4 is 10.6 Å². The van der Waals surface area contributed by atoms with Gasteiger partial charge < -0.3 is 5.73 Å². The van der Waals surface area contributed by atoms with Crippen molar-refractivity contribution in [3.63, 3.8) is 0 Å². The first-order valence-corrected chi connectivity index (χ1v) is 7.40. The van der Waals surface area contributed by atoms with Crippen LogP contribution in [0.1, 0.15) is 13.8 Å². The summed E-state index contributed by atoms with van der Waals surface area (Å²) in [6.07, 6.45) is 0. The molecule has 4 nitrogen and oxygen atoms in total. The number of rotatable bonds is 4. The first-order valence-electron chi connectivity index (χ1n) is 7.40. The summed E-state index contributed by atoms with van der Waals surface area (Å²) in [4.78, 5) is 23.8. The number of carbonyl (C=O) groups excluding carboxylic acids is 2. The van der Waals surface area contributed by atoms with Gasteiger partial charge in [0.25, 0.3) is 5.91 Å². The molecule has 0 heterocycles. The van der Waals surface area contributed by atoms with E-state index >= 15 is 0 Å². The van der Waals surface area contributed by atoms with Gasteiger partial charge in [-0.05, 0) is 38.1 Å². The average molecular weight is 322 g/mol. The third-order valence-corrected chi connectivity index (χ3v) is 3.02. The van der Waals surface area contributed by atoms with E-state index in [-0.39, 0.29) is 5.91 Å². The molecule has 2 N–H and O–H groups in total. The maximum Gasteiger partial charge on any atom is 0.257 e. The Bertz CT molecular complexity index is 670. The first kappa shape index (κ1) is 18.9. The molecule has 0 aromatic heterocycles. The summed E-state index contributed by atoms with van der Waals surface area (Å²) >= 11 is 0. The fourth-order valence-electron chi connectivity index (χ4n) is 1.73. The van der Waals surface area contributed by atoms with Crippen LogP contribution in [0.15, 0.2) is 85.0 Å². The van der Waals surface area contributed by atoms with Crippen LogP contribution in [0.25, 0.3) is 0 Å². The number of para-hydroxylation sites is 2. The van der Waals surface area contributed by atoms with Crippen molar-refractivity contribution in [3.05, 3.63) is 85.0 Å². The topological polar surface area (TPSA) is 63.4 Å². The van der Waals surface area contributed by atoms with Crippen molar-refractivity contribution < 1.29 is 9.59 Å². The van der Waals surface area contributed by atoms with Crippen molar-refractivity contribution in [1.29, 1.82) is 0 Å². The van der Waals surface area contributed by atoms with Gasteiger partial charge in [0, 0.05) is 22.5 Å². The summed E-state index contributed by atoms with van der Waals surface area (Å²) in [6, 6.07) is 19.2. The molecule has 2 aromatic carbocycles. The minimum Gasteiger partial charge on any atom is -0.366 e. The van der Waals surface area contributed by atoms with E-state index in [4.69, 9.17) is 5.73 Å². The number of nitrogens with two attached hydrogens (primary N) is 1. The Hall–Kier alpha value is -3.14. The van der Waals surface area contributed by atoms with Crippen LogP contribution in [0, 0.1) is 0 Å². The van der Waals surface area contributed by atoms with Crippen LogP contribution in [0.2, 0.25) is 0 Å².